The first-order chi connectivity index (χ1) is 6.34. The predicted molar refractivity (Wildman–Crippen MR) is 57.5 cm³/mol. The molecule has 13 heavy (non-hydrogen) atoms. The summed E-state index contributed by atoms with van der Waals surface area (Å²) in [5.41, 5.74) is 0. The first-order valence-electron chi connectivity index (χ1n) is 4.67. The molecular formula is C10H14N2S. The average Bonchev–Trinajstić information content (AvgIpc) is 2.71. The van der Waals surface area contributed by atoms with Crippen molar-refractivity contribution in [3.8, 4) is 0 Å². The van der Waals surface area contributed by atoms with Gasteiger partial charge in [-0.1, -0.05) is 6.07 Å². The maximum Gasteiger partial charge on any atom is 0.0970 e. The van der Waals surface area contributed by atoms with Crippen molar-refractivity contribution in [1.82, 2.24) is 5.32 Å². The molecule has 1 atom stereocenters. The van der Waals surface area contributed by atoms with Crippen LogP contribution in [-0.2, 0) is 6.42 Å². The van der Waals surface area contributed by atoms with Crippen molar-refractivity contribution in [2.24, 2.45) is 4.99 Å². The van der Waals surface area contributed by atoms with Crippen LogP contribution in [0.2, 0.25) is 0 Å². The van der Waals surface area contributed by atoms with E-state index in [0.29, 0.717) is 6.04 Å². The van der Waals surface area contributed by atoms with E-state index in [1.165, 1.54) is 10.7 Å². The molecule has 70 valence electrons. The second kappa shape index (κ2) is 3.92. The number of thiophene rings is 1. The van der Waals surface area contributed by atoms with Gasteiger partial charge < -0.3 is 5.32 Å². The van der Waals surface area contributed by atoms with Crippen molar-refractivity contribution in [2.75, 3.05) is 6.54 Å². The molecule has 1 aliphatic rings. The van der Waals surface area contributed by atoms with Crippen LogP contribution in [0.25, 0.3) is 0 Å². The first-order valence-corrected chi connectivity index (χ1v) is 5.55. The number of hydrogen-bond donors (Lipinski definition) is 1. The summed E-state index contributed by atoms with van der Waals surface area (Å²) in [6.07, 6.45) is 2.18. The maximum absolute atomic E-state index is 4.43. The molecule has 1 aromatic heterocycles. The summed E-state index contributed by atoms with van der Waals surface area (Å²) in [6, 6.07) is 4.83. The Hall–Kier alpha value is -0.830. The fraction of sp³-hybridized carbons (Fsp3) is 0.500. The predicted octanol–water partition coefficient (Wildman–Crippen LogP) is 2.07. The van der Waals surface area contributed by atoms with Crippen LogP contribution >= 0.6 is 11.3 Å². The third-order valence-corrected chi connectivity index (χ3v) is 3.09. The van der Waals surface area contributed by atoms with Gasteiger partial charge in [-0.3, -0.25) is 4.99 Å². The van der Waals surface area contributed by atoms with Crippen LogP contribution in [-0.4, -0.2) is 18.4 Å². The highest BCUT2D eigenvalue weighted by Crippen LogP contribution is 2.11. The summed E-state index contributed by atoms with van der Waals surface area (Å²) >= 11 is 1.82. The van der Waals surface area contributed by atoms with Crippen molar-refractivity contribution in [3.05, 3.63) is 22.4 Å². The first kappa shape index (κ1) is 8.75. The van der Waals surface area contributed by atoms with E-state index >= 15 is 0 Å². The number of hydrogen-bond acceptors (Lipinski definition) is 3. The quantitative estimate of drug-likeness (QED) is 0.782. The summed E-state index contributed by atoms with van der Waals surface area (Å²) < 4.78 is 0. The van der Waals surface area contributed by atoms with Gasteiger partial charge in [0.25, 0.3) is 0 Å². The summed E-state index contributed by atoms with van der Waals surface area (Å²) in [5.74, 6) is 1.18. The Labute approximate surface area is 82.7 Å². The van der Waals surface area contributed by atoms with Gasteiger partial charge in [0.2, 0.25) is 0 Å². The number of nitrogens with zero attached hydrogens (tertiary/aromatic N) is 1. The lowest BCUT2D eigenvalue weighted by atomic mass is 10.2. The molecule has 2 nitrogen and oxygen atoms in total. The van der Waals surface area contributed by atoms with E-state index in [1.54, 1.807) is 0 Å². The third kappa shape index (κ3) is 2.31. The van der Waals surface area contributed by atoms with Crippen molar-refractivity contribution < 1.29 is 0 Å². The van der Waals surface area contributed by atoms with Crippen molar-refractivity contribution >= 4 is 17.2 Å². The molecule has 0 aliphatic carbocycles. The van der Waals surface area contributed by atoms with Gasteiger partial charge in [-0.2, -0.15) is 0 Å². The van der Waals surface area contributed by atoms with E-state index in [1.807, 2.05) is 11.3 Å². The minimum absolute atomic E-state index is 0.540. The van der Waals surface area contributed by atoms with E-state index in [-0.39, 0.29) is 0 Å². The molecule has 0 radical (unpaired) electrons. The van der Waals surface area contributed by atoms with Crippen LogP contribution in [0, 0.1) is 0 Å². The van der Waals surface area contributed by atoms with Gasteiger partial charge in [-0.15, -0.1) is 11.3 Å². The highest BCUT2D eigenvalue weighted by Gasteiger charge is 2.11. The molecule has 2 rings (SSSR count). The van der Waals surface area contributed by atoms with Crippen LogP contribution in [0.4, 0.5) is 0 Å². The minimum Gasteiger partial charge on any atom is -0.370 e. The van der Waals surface area contributed by atoms with Gasteiger partial charge in [0.05, 0.1) is 12.4 Å². The van der Waals surface area contributed by atoms with Gasteiger partial charge in [0.15, 0.2) is 0 Å². The standard InChI is InChI=1S/C10H14N2S/c1-8-7-11-10(12-8)5-4-9-3-2-6-13-9/h2-3,6,8H,4-5,7H2,1H3,(H,11,12)/t8-/m1/s1. The highest BCUT2D eigenvalue weighted by molar-refractivity contribution is 7.09. The van der Waals surface area contributed by atoms with Gasteiger partial charge in [0, 0.05) is 17.3 Å². The molecule has 3 heteroatoms. The van der Waals surface area contributed by atoms with E-state index < -0.39 is 0 Å². The van der Waals surface area contributed by atoms with Crippen molar-refractivity contribution in [3.63, 3.8) is 0 Å². The Kier molecular flexibility index (Phi) is 2.64. The molecule has 0 saturated heterocycles. The molecule has 0 saturated carbocycles. The molecule has 0 unspecified atom stereocenters. The van der Waals surface area contributed by atoms with Crippen LogP contribution < -0.4 is 5.32 Å². The molecule has 1 aliphatic heterocycles. The largest absolute Gasteiger partial charge is 0.370 e. The number of amidine groups is 1. The highest BCUT2D eigenvalue weighted by atomic mass is 32.1. The molecule has 2 heterocycles. The van der Waals surface area contributed by atoms with Gasteiger partial charge in [-0.25, -0.2) is 0 Å². The van der Waals surface area contributed by atoms with Crippen molar-refractivity contribution in [1.29, 1.82) is 0 Å². The van der Waals surface area contributed by atoms with E-state index in [0.717, 1.165) is 19.4 Å². The molecule has 0 amide bonds. The molecule has 0 bridgehead atoms. The van der Waals surface area contributed by atoms with Gasteiger partial charge in [-0.05, 0) is 24.8 Å². The normalized spacial score (nSPS) is 21.3. The third-order valence-electron chi connectivity index (χ3n) is 2.16. The van der Waals surface area contributed by atoms with Gasteiger partial charge >= 0.3 is 0 Å². The van der Waals surface area contributed by atoms with Crippen LogP contribution in [0.15, 0.2) is 22.5 Å². The number of aryl methyl sites for hydroxylation is 1. The Morgan fingerprint density at radius 3 is 3.15 bits per heavy atom. The summed E-state index contributed by atoms with van der Waals surface area (Å²) in [5, 5.41) is 5.50. The van der Waals surface area contributed by atoms with Crippen molar-refractivity contribution in [2.45, 2.75) is 25.8 Å². The van der Waals surface area contributed by atoms with Crippen LogP contribution in [0.3, 0.4) is 0 Å². The second-order valence-corrected chi connectivity index (χ2v) is 4.44. The van der Waals surface area contributed by atoms with Gasteiger partial charge in [0.1, 0.15) is 0 Å². The molecule has 0 fully saturated rings. The zero-order chi connectivity index (χ0) is 9.10. The van der Waals surface area contributed by atoms with E-state index in [9.17, 15) is 0 Å². The zero-order valence-electron chi connectivity index (χ0n) is 7.79. The van der Waals surface area contributed by atoms with E-state index in [4.69, 9.17) is 0 Å². The lowest BCUT2D eigenvalue weighted by molar-refractivity contribution is 0.720. The number of aliphatic imine (C=N–C) groups is 1. The Morgan fingerprint density at radius 2 is 2.54 bits per heavy atom. The molecule has 1 N–H and O–H groups in total. The maximum atomic E-state index is 4.43. The second-order valence-electron chi connectivity index (χ2n) is 3.41. The monoisotopic (exact) mass is 194 g/mol. The average molecular weight is 194 g/mol. The van der Waals surface area contributed by atoms with Crippen LogP contribution in [0.1, 0.15) is 18.2 Å². The lowest BCUT2D eigenvalue weighted by Crippen LogP contribution is -2.27. The molecule has 1 aromatic rings. The van der Waals surface area contributed by atoms with E-state index in [2.05, 4.69) is 34.7 Å². The summed E-state index contributed by atoms with van der Waals surface area (Å²) in [4.78, 5) is 5.87. The van der Waals surface area contributed by atoms with Crippen LogP contribution in [0.5, 0.6) is 0 Å². The fourth-order valence-corrected chi connectivity index (χ4v) is 2.18. The smallest absolute Gasteiger partial charge is 0.0970 e. The lowest BCUT2D eigenvalue weighted by Gasteiger charge is -2.04. The summed E-state index contributed by atoms with van der Waals surface area (Å²) in [7, 11) is 0. The Balaban J connectivity index is 1.81. The fourth-order valence-electron chi connectivity index (χ4n) is 1.47. The minimum atomic E-state index is 0.540. The Morgan fingerprint density at radius 1 is 1.62 bits per heavy atom. The number of rotatable bonds is 3. The Bertz CT molecular complexity index is 290. The molecular weight excluding hydrogens is 180 g/mol. The SMILES string of the molecule is C[C@@H]1CN=C(CCc2cccs2)N1. The number of nitrogens with one attached hydrogen (secondary N) is 1. The zero-order valence-corrected chi connectivity index (χ0v) is 8.60. The molecule has 0 aromatic carbocycles. The summed E-state index contributed by atoms with van der Waals surface area (Å²) in [6.45, 7) is 3.11. The topological polar surface area (TPSA) is 24.4 Å². The molecule has 0 spiro atoms.